The van der Waals surface area contributed by atoms with E-state index in [1.165, 1.54) is 5.70 Å². The Labute approximate surface area is 132 Å². The predicted molar refractivity (Wildman–Crippen MR) is 93.5 cm³/mol. The molecule has 0 saturated heterocycles. The zero-order chi connectivity index (χ0) is 14.5. The van der Waals surface area contributed by atoms with Crippen molar-refractivity contribution < 1.29 is 0 Å². The summed E-state index contributed by atoms with van der Waals surface area (Å²) in [5, 5.41) is 19.7. The largest absolute Gasteiger partial charge is 0.378 e. The number of nitriles is 1. The van der Waals surface area contributed by atoms with Crippen LogP contribution in [0.1, 0.15) is 12.5 Å². The topological polar surface area (TPSA) is 63.8 Å². The van der Waals surface area contributed by atoms with E-state index < -0.39 is 0 Å². The SMILES string of the molecule is CC1=CSC(N=Nc2ccc(N(C)C)cc2C#N)=IN1. The van der Waals surface area contributed by atoms with Crippen LogP contribution in [0.5, 0.6) is 0 Å². The van der Waals surface area contributed by atoms with Gasteiger partial charge in [0.15, 0.2) is 2.96 Å². The van der Waals surface area contributed by atoms with Gasteiger partial charge < -0.3 is 8.43 Å². The Hall–Kier alpha value is -1.40. The molecule has 0 aliphatic carbocycles. The first-order valence-corrected chi connectivity index (χ1v) is 8.87. The number of hydrogen-bond donors (Lipinski definition) is 1. The average molecular weight is 399 g/mol. The summed E-state index contributed by atoms with van der Waals surface area (Å²) in [5.74, 6) is 0. The van der Waals surface area contributed by atoms with Crippen molar-refractivity contribution in [1.29, 1.82) is 5.26 Å². The van der Waals surface area contributed by atoms with Gasteiger partial charge in [0.2, 0.25) is 0 Å². The lowest BCUT2D eigenvalue weighted by Crippen LogP contribution is -2.08. The van der Waals surface area contributed by atoms with Gasteiger partial charge in [0, 0.05) is 46.5 Å². The van der Waals surface area contributed by atoms with Crippen LogP contribution in [0.3, 0.4) is 0 Å². The number of benzene rings is 1. The van der Waals surface area contributed by atoms with Gasteiger partial charge in [-0.3, -0.25) is 0 Å². The number of nitrogens with zero attached hydrogens (tertiary/aromatic N) is 4. The number of nitrogens with one attached hydrogen (secondary N) is 1. The fourth-order valence-electron chi connectivity index (χ4n) is 1.41. The molecule has 0 radical (unpaired) electrons. The molecule has 1 aromatic rings. The number of thioether (sulfide) groups is 1. The van der Waals surface area contributed by atoms with Gasteiger partial charge in [0.05, 0.1) is 5.56 Å². The monoisotopic (exact) mass is 399 g/mol. The molecule has 1 aliphatic rings. The lowest BCUT2D eigenvalue weighted by molar-refractivity contribution is 1.13. The summed E-state index contributed by atoms with van der Waals surface area (Å²) in [6.07, 6.45) is 0. The number of allylic oxidation sites excluding steroid dienone is 1. The highest BCUT2D eigenvalue weighted by molar-refractivity contribution is 14.2. The van der Waals surface area contributed by atoms with Gasteiger partial charge in [-0.15, -0.1) is 10.2 Å². The fourth-order valence-corrected chi connectivity index (χ4v) is 4.14. The highest BCUT2D eigenvalue weighted by Crippen LogP contribution is 2.27. The van der Waals surface area contributed by atoms with Crippen LogP contribution in [0, 0.1) is 11.3 Å². The van der Waals surface area contributed by atoms with Gasteiger partial charge in [-0.1, -0.05) is 11.8 Å². The summed E-state index contributed by atoms with van der Waals surface area (Å²) < 4.78 is 4.30. The van der Waals surface area contributed by atoms with Crippen molar-refractivity contribution in [1.82, 2.24) is 3.53 Å². The highest BCUT2D eigenvalue weighted by Gasteiger charge is 2.06. The highest BCUT2D eigenvalue weighted by atomic mass is 127. The van der Waals surface area contributed by atoms with Crippen molar-refractivity contribution in [2.45, 2.75) is 6.92 Å². The van der Waals surface area contributed by atoms with Gasteiger partial charge in [0.25, 0.3) is 0 Å². The van der Waals surface area contributed by atoms with Crippen LogP contribution in [0.15, 0.2) is 39.5 Å². The van der Waals surface area contributed by atoms with Gasteiger partial charge in [-0.05, 0) is 30.5 Å². The lowest BCUT2D eigenvalue weighted by atomic mass is 10.1. The van der Waals surface area contributed by atoms with Crippen LogP contribution in [0.2, 0.25) is 0 Å². The molecule has 0 saturated carbocycles. The minimum Gasteiger partial charge on any atom is -0.378 e. The molecular weight excluding hydrogens is 385 g/mol. The van der Waals surface area contributed by atoms with Gasteiger partial charge in [-0.2, -0.15) is 5.26 Å². The first-order valence-electron chi connectivity index (χ1n) is 5.83. The van der Waals surface area contributed by atoms with Crippen LogP contribution in [0.4, 0.5) is 11.4 Å². The Morgan fingerprint density at radius 1 is 1.35 bits per heavy atom. The molecule has 1 N–H and O–H groups in total. The van der Waals surface area contributed by atoms with Crippen molar-refractivity contribution in [2.75, 3.05) is 19.0 Å². The summed E-state index contributed by atoms with van der Waals surface area (Å²) in [6.45, 7) is 2.04. The number of hydrogen-bond acceptors (Lipinski definition) is 6. The zero-order valence-corrected chi connectivity index (χ0v) is 14.4. The van der Waals surface area contributed by atoms with Crippen LogP contribution < -0.4 is 8.43 Å². The Kier molecular flexibility index (Phi) is 5.14. The van der Waals surface area contributed by atoms with Crippen molar-refractivity contribution >= 4 is 47.1 Å². The number of rotatable bonds is 3. The molecule has 0 fully saturated rings. The maximum absolute atomic E-state index is 9.20. The molecule has 1 aliphatic heterocycles. The summed E-state index contributed by atoms with van der Waals surface area (Å²) in [6, 6.07) is 7.76. The molecule has 2 rings (SSSR count). The Bertz CT molecular complexity index is 643. The maximum Gasteiger partial charge on any atom is 0.171 e. The summed E-state index contributed by atoms with van der Waals surface area (Å²) in [7, 11) is 3.88. The quantitative estimate of drug-likeness (QED) is 0.476. The molecule has 7 heteroatoms. The fraction of sp³-hybridized carbons (Fsp3) is 0.231. The zero-order valence-electron chi connectivity index (χ0n) is 11.4. The molecule has 5 nitrogen and oxygen atoms in total. The number of azo groups is 1. The van der Waals surface area contributed by atoms with E-state index in [9.17, 15) is 5.26 Å². The third-order valence-electron chi connectivity index (χ3n) is 2.46. The van der Waals surface area contributed by atoms with Crippen LogP contribution >= 0.6 is 32.8 Å². The first-order chi connectivity index (χ1) is 9.60. The molecule has 0 spiro atoms. The van der Waals surface area contributed by atoms with E-state index in [2.05, 4.69) is 19.8 Å². The van der Waals surface area contributed by atoms with Crippen molar-refractivity contribution in [3.8, 4) is 6.07 Å². The standard InChI is InChI=1S/C13H14IN5S/c1-9-8-20-13(14-16-9)18-17-12-5-4-11(19(2)3)6-10(12)7-15/h4-6,8,16H,1-3H3. The van der Waals surface area contributed by atoms with Crippen molar-refractivity contribution in [3.05, 3.63) is 34.9 Å². The number of halogens is 1. The van der Waals surface area contributed by atoms with E-state index in [1.807, 2.05) is 49.5 Å². The molecular formula is C13H14IN5S. The van der Waals surface area contributed by atoms with Crippen LogP contribution in [0.25, 0.3) is 0 Å². The molecule has 0 aromatic heterocycles. The molecule has 0 amide bonds. The molecule has 0 bridgehead atoms. The van der Waals surface area contributed by atoms with E-state index in [-0.39, 0.29) is 21.0 Å². The van der Waals surface area contributed by atoms with Gasteiger partial charge in [-0.25, -0.2) is 0 Å². The molecule has 20 heavy (non-hydrogen) atoms. The van der Waals surface area contributed by atoms with Crippen LogP contribution in [-0.4, -0.2) is 17.1 Å². The summed E-state index contributed by atoms with van der Waals surface area (Å²) in [4.78, 5) is 1.95. The second kappa shape index (κ2) is 6.85. The molecule has 1 heterocycles. The minimum absolute atomic E-state index is 0.311. The first kappa shape index (κ1) is 15.0. The molecule has 0 atom stereocenters. The van der Waals surface area contributed by atoms with Crippen molar-refractivity contribution in [3.63, 3.8) is 0 Å². The van der Waals surface area contributed by atoms with Gasteiger partial charge >= 0.3 is 0 Å². The van der Waals surface area contributed by atoms with E-state index in [0.717, 1.165) is 8.65 Å². The predicted octanol–water partition coefficient (Wildman–Crippen LogP) is 3.88. The Balaban J connectivity index is 2.20. The van der Waals surface area contributed by atoms with Gasteiger partial charge in [0.1, 0.15) is 11.8 Å². The number of anilines is 1. The molecule has 104 valence electrons. The Morgan fingerprint density at radius 2 is 2.15 bits per heavy atom. The molecule has 1 aromatic carbocycles. The summed E-state index contributed by atoms with van der Waals surface area (Å²) >= 11 is 1.29. The van der Waals surface area contributed by atoms with E-state index in [0.29, 0.717) is 11.3 Å². The smallest absolute Gasteiger partial charge is 0.171 e. The normalized spacial score (nSPS) is 14.7. The molecule has 0 unspecified atom stereocenters. The summed E-state index contributed by atoms with van der Waals surface area (Å²) in [5.41, 5.74) is 3.31. The Morgan fingerprint density at radius 3 is 2.75 bits per heavy atom. The van der Waals surface area contributed by atoms with Crippen molar-refractivity contribution in [2.24, 2.45) is 10.2 Å². The van der Waals surface area contributed by atoms with E-state index >= 15 is 0 Å². The lowest BCUT2D eigenvalue weighted by Gasteiger charge is -2.12. The van der Waals surface area contributed by atoms with Crippen LogP contribution in [-0.2, 0) is 0 Å². The third-order valence-corrected chi connectivity index (χ3v) is 6.29. The maximum atomic E-state index is 9.20. The van der Waals surface area contributed by atoms with E-state index in [4.69, 9.17) is 0 Å². The second-order valence-corrected chi connectivity index (χ2v) is 7.96. The van der Waals surface area contributed by atoms with E-state index in [1.54, 1.807) is 11.8 Å². The average Bonchev–Trinajstić information content (AvgIpc) is 2.46. The minimum atomic E-state index is -0.311. The second-order valence-electron chi connectivity index (χ2n) is 4.27. The third kappa shape index (κ3) is 3.80.